The molecule has 4 heteroatoms. The summed E-state index contributed by atoms with van der Waals surface area (Å²) in [4.78, 5) is 2.42. The van der Waals surface area contributed by atoms with Crippen LogP contribution in [0.15, 0.2) is 59.7 Å². The van der Waals surface area contributed by atoms with Gasteiger partial charge < -0.3 is 0 Å². The molecule has 1 aliphatic heterocycles. The van der Waals surface area contributed by atoms with Crippen LogP contribution in [0.3, 0.4) is 0 Å². The maximum absolute atomic E-state index is 13.5. The van der Waals surface area contributed by atoms with Gasteiger partial charge in [-0.05, 0) is 11.6 Å². The van der Waals surface area contributed by atoms with Crippen molar-refractivity contribution in [2.24, 2.45) is 5.10 Å². The van der Waals surface area contributed by atoms with Crippen LogP contribution in [0.2, 0.25) is 0 Å². The van der Waals surface area contributed by atoms with E-state index in [9.17, 15) is 4.39 Å². The van der Waals surface area contributed by atoms with Crippen LogP contribution in [0.25, 0.3) is 0 Å². The molecule has 22 heavy (non-hydrogen) atoms. The molecule has 3 nitrogen and oxygen atoms in total. The van der Waals surface area contributed by atoms with Gasteiger partial charge in [0.25, 0.3) is 0 Å². The minimum Gasteiger partial charge on any atom is -0.295 e. The monoisotopic (exact) mass is 297 g/mol. The van der Waals surface area contributed by atoms with Crippen molar-refractivity contribution < 1.29 is 4.39 Å². The highest BCUT2D eigenvalue weighted by Crippen LogP contribution is 2.09. The van der Waals surface area contributed by atoms with Crippen molar-refractivity contribution in [2.45, 2.75) is 6.54 Å². The molecule has 0 spiro atoms. The molecule has 0 aromatic heterocycles. The fourth-order valence-electron chi connectivity index (χ4n) is 2.58. The predicted octanol–water partition coefficient (Wildman–Crippen LogP) is 2.98. The van der Waals surface area contributed by atoms with E-state index < -0.39 is 0 Å². The van der Waals surface area contributed by atoms with Crippen molar-refractivity contribution in [2.75, 3.05) is 26.2 Å². The first kappa shape index (κ1) is 14.7. The lowest BCUT2D eigenvalue weighted by Gasteiger charge is -2.33. The third-order valence-corrected chi connectivity index (χ3v) is 3.86. The Hall–Kier alpha value is -2.20. The van der Waals surface area contributed by atoms with Gasteiger partial charge >= 0.3 is 0 Å². The van der Waals surface area contributed by atoms with E-state index >= 15 is 0 Å². The maximum Gasteiger partial charge on any atom is 0.132 e. The summed E-state index contributed by atoms with van der Waals surface area (Å²) in [5.41, 5.74) is 1.88. The van der Waals surface area contributed by atoms with E-state index in [2.05, 4.69) is 34.3 Å². The van der Waals surface area contributed by atoms with Gasteiger partial charge in [0.2, 0.25) is 0 Å². The van der Waals surface area contributed by atoms with Gasteiger partial charge in [-0.1, -0.05) is 48.5 Å². The van der Waals surface area contributed by atoms with E-state index in [1.807, 2.05) is 17.1 Å². The van der Waals surface area contributed by atoms with Crippen molar-refractivity contribution in [3.8, 4) is 0 Å². The molecular formula is C18H20FN3. The number of hydrogen-bond donors (Lipinski definition) is 0. The fourth-order valence-corrected chi connectivity index (χ4v) is 2.58. The first-order valence-corrected chi connectivity index (χ1v) is 7.61. The largest absolute Gasteiger partial charge is 0.295 e. The second-order valence-corrected chi connectivity index (χ2v) is 5.48. The molecule has 0 bridgehead atoms. The summed E-state index contributed by atoms with van der Waals surface area (Å²) in [6.07, 6.45) is 1.61. The Bertz CT molecular complexity index is 619. The maximum atomic E-state index is 13.5. The Morgan fingerprint density at radius 1 is 0.909 bits per heavy atom. The average Bonchev–Trinajstić information content (AvgIpc) is 2.56. The molecule has 0 radical (unpaired) electrons. The van der Waals surface area contributed by atoms with E-state index in [-0.39, 0.29) is 5.82 Å². The predicted molar refractivity (Wildman–Crippen MR) is 87.3 cm³/mol. The third kappa shape index (κ3) is 3.92. The summed E-state index contributed by atoms with van der Waals surface area (Å²) in [7, 11) is 0. The molecule has 1 aliphatic rings. The van der Waals surface area contributed by atoms with Crippen LogP contribution >= 0.6 is 0 Å². The van der Waals surface area contributed by atoms with Gasteiger partial charge in [-0.15, -0.1) is 0 Å². The number of benzene rings is 2. The average molecular weight is 297 g/mol. The van der Waals surface area contributed by atoms with E-state index in [4.69, 9.17) is 0 Å². The number of piperazine rings is 1. The second-order valence-electron chi connectivity index (χ2n) is 5.48. The van der Waals surface area contributed by atoms with Crippen LogP contribution in [-0.4, -0.2) is 42.3 Å². The van der Waals surface area contributed by atoms with Crippen molar-refractivity contribution in [1.29, 1.82) is 0 Å². The molecule has 0 N–H and O–H groups in total. The quantitative estimate of drug-likeness (QED) is 0.808. The van der Waals surface area contributed by atoms with Gasteiger partial charge in [0.1, 0.15) is 5.82 Å². The minimum absolute atomic E-state index is 0.228. The molecule has 0 amide bonds. The number of halogens is 1. The Morgan fingerprint density at radius 3 is 2.32 bits per heavy atom. The summed E-state index contributed by atoms with van der Waals surface area (Å²) in [5.74, 6) is -0.228. The van der Waals surface area contributed by atoms with Crippen LogP contribution in [0, 0.1) is 5.82 Å². The molecule has 0 saturated carbocycles. The van der Waals surface area contributed by atoms with Gasteiger partial charge in [0.05, 0.1) is 6.21 Å². The van der Waals surface area contributed by atoms with Crippen molar-refractivity contribution >= 4 is 6.21 Å². The molecule has 0 unspecified atom stereocenters. The van der Waals surface area contributed by atoms with E-state index in [0.717, 1.165) is 32.7 Å². The molecule has 1 heterocycles. The minimum atomic E-state index is -0.228. The normalized spacial score (nSPS) is 16.3. The zero-order chi connectivity index (χ0) is 15.2. The van der Waals surface area contributed by atoms with Crippen molar-refractivity contribution in [3.05, 3.63) is 71.5 Å². The summed E-state index contributed by atoms with van der Waals surface area (Å²) < 4.78 is 13.5. The van der Waals surface area contributed by atoms with Gasteiger partial charge in [-0.2, -0.15) is 5.10 Å². The number of hydrogen-bond acceptors (Lipinski definition) is 3. The molecule has 1 saturated heterocycles. The lowest BCUT2D eigenvalue weighted by Crippen LogP contribution is -2.43. The summed E-state index contributed by atoms with van der Waals surface area (Å²) >= 11 is 0. The molecule has 2 aromatic rings. The highest BCUT2D eigenvalue weighted by Gasteiger charge is 2.15. The summed E-state index contributed by atoms with van der Waals surface area (Å²) in [6, 6.07) is 17.2. The molecule has 0 aliphatic carbocycles. The van der Waals surface area contributed by atoms with Crippen molar-refractivity contribution in [1.82, 2.24) is 9.91 Å². The smallest absolute Gasteiger partial charge is 0.132 e. The third-order valence-electron chi connectivity index (χ3n) is 3.86. The van der Waals surface area contributed by atoms with E-state index in [0.29, 0.717) is 5.56 Å². The summed E-state index contributed by atoms with van der Waals surface area (Å²) in [5, 5.41) is 6.41. The first-order chi connectivity index (χ1) is 10.8. The van der Waals surface area contributed by atoms with Gasteiger partial charge in [-0.25, -0.2) is 4.39 Å². The van der Waals surface area contributed by atoms with Gasteiger partial charge in [-0.3, -0.25) is 9.91 Å². The summed E-state index contributed by atoms with van der Waals surface area (Å²) in [6.45, 7) is 4.67. The van der Waals surface area contributed by atoms with Crippen molar-refractivity contribution in [3.63, 3.8) is 0 Å². The topological polar surface area (TPSA) is 18.8 Å². The van der Waals surface area contributed by atoms with Gasteiger partial charge in [0.15, 0.2) is 0 Å². The zero-order valence-electron chi connectivity index (χ0n) is 12.5. The molecule has 114 valence electrons. The standard InChI is InChI=1S/C18H20FN3/c19-18-9-5-4-8-17(18)14-20-22-12-10-21(11-13-22)15-16-6-2-1-3-7-16/h1-9,14H,10-13,15H2/b20-14+. The van der Waals surface area contributed by atoms with E-state index in [1.165, 1.54) is 11.6 Å². The highest BCUT2D eigenvalue weighted by molar-refractivity contribution is 5.79. The SMILES string of the molecule is Fc1ccccc1/C=N/N1CCN(Cc2ccccc2)CC1. The van der Waals surface area contributed by atoms with Crippen LogP contribution < -0.4 is 0 Å². The zero-order valence-corrected chi connectivity index (χ0v) is 12.5. The molecule has 2 aromatic carbocycles. The Balaban J connectivity index is 1.51. The van der Waals surface area contributed by atoms with Crippen LogP contribution in [0.4, 0.5) is 4.39 Å². The highest BCUT2D eigenvalue weighted by atomic mass is 19.1. The fraction of sp³-hybridized carbons (Fsp3) is 0.278. The number of nitrogens with zero attached hydrogens (tertiary/aromatic N) is 3. The Labute approximate surface area is 130 Å². The first-order valence-electron chi connectivity index (χ1n) is 7.61. The number of rotatable bonds is 4. The molecule has 3 rings (SSSR count). The Morgan fingerprint density at radius 2 is 1.59 bits per heavy atom. The lowest BCUT2D eigenvalue weighted by atomic mass is 10.2. The second kappa shape index (κ2) is 7.18. The van der Waals surface area contributed by atoms with Crippen LogP contribution in [0.5, 0.6) is 0 Å². The lowest BCUT2D eigenvalue weighted by molar-refractivity contribution is 0.131. The van der Waals surface area contributed by atoms with Gasteiger partial charge in [0, 0.05) is 38.3 Å². The Kier molecular flexibility index (Phi) is 4.81. The van der Waals surface area contributed by atoms with Crippen LogP contribution in [0.1, 0.15) is 11.1 Å². The molecule has 1 fully saturated rings. The number of hydrazone groups is 1. The molecule has 0 atom stereocenters. The van der Waals surface area contributed by atoms with Crippen LogP contribution in [-0.2, 0) is 6.54 Å². The molecular weight excluding hydrogens is 277 g/mol. The van der Waals surface area contributed by atoms with E-state index in [1.54, 1.807) is 18.3 Å².